The normalized spacial score (nSPS) is 27.6. The minimum atomic E-state index is 0.0243. The molecule has 1 aliphatic heterocycles. The van der Waals surface area contributed by atoms with Gasteiger partial charge in [0.2, 0.25) is 0 Å². The van der Waals surface area contributed by atoms with Gasteiger partial charge in [-0.25, -0.2) is 0 Å². The first kappa shape index (κ1) is 12.9. The Balaban J connectivity index is 2.46. The van der Waals surface area contributed by atoms with E-state index in [1.54, 1.807) is 7.11 Å². The van der Waals surface area contributed by atoms with Crippen molar-refractivity contribution in [2.45, 2.75) is 31.8 Å². The zero-order valence-electron chi connectivity index (χ0n) is 9.85. The molecule has 0 aromatic heterocycles. The van der Waals surface area contributed by atoms with E-state index in [0.717, 1.165) is 19.7 Å². The van der Waals surface area contributed by atoms with Crippen LogP contribution >= 0.6 is 0 Å². The van der Waals surface area contributed by atoms with Gasteiger partial charge in [-0.2, -0.15) is 0 Å². The van der Waals surface area contributed by atoms with Gasteiger partial charge < -0.3 is 15.6 Å². The highest BCUT2D eigenvalue weighted by Gasteiger charge is 2.27. The Labute approximate surface area is 92.4 Å². The minimum Gasteiger partial charge on any atom is -0.395 e. The third kappa shape index (κ3) is 3.72. The van der Waals surface area contributed by atoms with Crippen LogP contribution < -0.4 is 5.73 Å². The van der Waals surface area contributed by atoms with Gasteiger partial charge in [-0.1, -0.05) is 0 Å². The van der Waals surface area contributed by atoms with E-state index in [1.807, 2.05) is 6.92 Å². The van der Waals surface area contributed by atoms with Crippen LogP contribution in [-0.2, 0) is 4.74 Å². The van der Waals surface area contributed by atoms with Gasteiger partial charge in [0.15, 0.2) is 0 Å². The zero-order valence-corrected chi connectivity index (χ0v) is 9.85. The van der Waals surface area contributed by atoms with Crippen LogP contribution in [-0.4, -0.2) is 55.5 Å². The van der Waals surface area contributed by atoms with Crippen molar-refractivity contribution in [1.82, 2.24) is 4.90 Å². The maximum atomic E-state index is 9.31. The lowest BCUT2D eigenvalue weighted by molar-refractivity contribution is 0.0406. The Kier molecular flexibility index (Phi) is 5.53. The number of rotatable bonds is 5. The fourth-order valence-electron chi connectivity index (χ4n) is 2.38. The molecule has 90 valence electrons. The molecule has 0 bridgehead atoms. The number of aliphatic hydroxyl groups excluding tert-OH is 1. The summed E-state index contributed by atoms with van der Waals surface area (Å²) in [6.07, 6.45) is 2.40. The molecule has 4 nitrogen and oxygen atoms in total. The topological polar surface area (TPSA) is 58.7 Å². The zero-order chi connectivity index (χ0) is 11.3. The van der Waals surface area contributed by atoms with Crippen molar-refractivity contribution in [3.63, 3.8) is 0 Å². The van der Waals surface area contributed by atoms with Gasteiger partial charge in [0.1, 0.15) is 0 Å². The molecule has 1 heterocycles. The second-order valence-corrected chi connectivity index (χ2v) is 4.57. The van der Waals surface area contributed by atoms with Gasteiger partial charge in [-0.15, -0.1) is 0 Å². The molecule has 0 radical (unpaired) electrons. The maximum absolute atomic E-state index is 9.31. The number of nitrogens with two attached hydrogens (primary N) is 1. The van der Waals surface area contributed by atoms with Gasteiger partial charge >= 0.3 is 0 Å². The number of ether oxygens (including phenoxy) is 1. The molecular weight excluding hydrogens is 192 g/mol. The smallest absolute Gasteiger partial charge is 0.0601 e. The van der Waals surface area contributed by atoms with Gasteiger partial charge in [0.05, 0.1) is 13.2 Å². The summed E-state index contributed by atoms with van der Waals surface area (Å²) in [7, 11) is 1.74. The van der Waals surface area contributed by atoms with Crippen molar-refractivity contribution >= 4 is 0 Å². The maximum Gasteiger partial charge on any atom is 0.0601 e. The van der Waals surface area contributed by atoms with Crippen LogP contribution in [0.1, 0.15) is 19.8 Å². The number of likely N-dealkylation sites (tertiary alicyclic amines) is 1. The second-order valence-electron chi connectivity index (χ2n) is 4.57. The minimum absolute atomic E-state index is 0.0243. The van der Waals surface area contributed by atoms with E-state index >= 15 is 0 Å². The Hall–Kier alpha value is -0.160. The van der Waals surface area contributed by atoms with E-state index < -0.39 is 0 Å². The van der Waals surface area contributed by atoms with Crippen LogP contribution in [0, 0.1) is 5.92 Å². The van der Waals surface area contributed by atoms with Crippen molar-refractivity contribution in [2.75, 3.05) is 33.4 Å². The van der Waals surface area contributed by atoms with Gasteiger partial charge in [-0.3, -0.25) is 4.90 Å². The van der Waals surface area contributed by atoms with E-state index in [0.29, 0.717) is 5.92 Å². The molecule has 0 aliphatic carbocycles. The van der Waals surface area contributed by atoms with Crippen molar-refractivity contribution in [3.05, 3.63) is 0 Å². The molecule has 3 unspecified atom stereocenters. The van der Waals surface area contributed by atoms with E-state index in [4.69, 9.17) is 10.5 Å². The molecule has 3 atom stereocenters. The van der Waals surface area contributed by atoms with Crippen molar-refractivity contribution in [3.8, 4) is 0 Å². The van der Waals surface area contributed by atoms with E-state index in [2.05, 4.69) is 4.90 Å². The summed E-state index contributed by atoms with van der Waals surface area (Å²) in [6, 6.07) is 0.126. The lowest BCUT2D eigenvalue weighted by Crippen LogP contribution is -2.52. The summed E-state index contributed by atoms with van der Waals surface area (Å²) in [6.45, 7) is 4.97. The first-order chi connectivity index (χ1) is 7.19. The van der Waals surface area contributed by atoms with Crippen LogP contribution in [0.2, 0.25) is 0 Å². The van der Waals surface area contributed by atoms with Crippen LogP contribution in [0.4, 0.5) is 0 Å². The standard InChI is InChI=1S/C11H24N2O2/c1-9(12)11(7-14)13-5-3-4-10(6-13)8-15-2/h9-11,14H,3-8,12H2,1-2H3. The molecule has 0 saturated carbocycles. The highest BCUT2D eigenvalue weighted by molar-refractivity contribution is 4.83. The van der Waals surface area contributed by atoms with Crippen molar-refractivity contribution in [2.24, 2.45) is 11.7 Å². The molecule has 4 heteroatoms. The molecule has 1 fully saturated rings. The monoisotopic (exact) mass is 216 g/mol. The molecule has 0 aromatic rings. The summed E-state index contributed by atoms with van der Waals surface area (Å²) in [5.74, 6) is 0.594. The third-order valence-electron chi connectivity index (χ3n) is 3.22. The Morgan fingerprint density at radius 3 is 2.87 bits per heavy atom. The first-order valence-corrected chi connectivity index (χ1v) is 5.78. The largest absolute Gasteiger partial charge is 0.395 e. The number of aliphatic hydroxyl groups is 1. The lowest BCUT2D eigenvalue weighted by atomic mass is 9.96. The van der Waals surface area contributed by atoms with E-state index in [1.165, 1.54) is 12.8 Å². The number of hydrogen-bond acceptors (Lipinski definition) is 4. The summed E-state index contributed by atoms with van der Waals surface area (Å²) in [5.41, 5.74) is 5.86. The van der Waals surface area contributed by atoms with Crippen molar-refractivity contribution in [1.29, 1.82) is 0 Å². The van der Waals surface area contributed by atoms with Gasteiger partial charge in [0, 0.05) is 25.7 Å². The number of nitrogens with zero attached hydrogens (tertiary/aromatic N) is 1. The average Bonchev–Trinajstić information content (AvgIpc) is 2.19. The molecule has 0 aromatic carbocycles. The Morgan fingerprint density at radius 1 is 1.60 bits per heavy atom. The summed E-state index contributed by atoms with van der Waals surface area (Å²) >= 11 is 0. The number of piperidine rings is 1. The molecule has 15 heavy (non-hydrogen) atoms. The fraction of sp³-hybridized carbons (Fsp3) is 1.00. The van der Waals surface area contributed by atoms with Crippen LogP contribution in [0.15, 0.2) is 0 Å². The molecule has 0 spiro atoms. The van der Waals surface area contributed by atoms with Crippen LogP contribution in [0.3, 0.4) is 0 Å². The average molecular weight is 216 g/mol. The Bertz CT molecular complexity index is 174. The summed E-state index contributed by atoms with van der Waals surface area (Å²) in [5, 5.41) is 9.31. The molecule has 3 N–H and O–H groups in total. The van der Waals surface area contributed by atoms with Crippen LogP contribution in [0.5, 0.6) is 0 Å². The lowest BCUT2D eigenvalue weighted by Gasteiger charge is -2.39. The highest BCUT2D eigenvalue weighted by Crippen LogP contribution is 2.19. The second kappa shape index (κ2) is 6.43. The molecule has 1 rings (SSSR count). The quantitative estimate of drug-likeness (QED) is 0.682. The molecule has 1 saturated heterocycles. The summed E-state index contributed by atoms with van der Waals surface area (Å²) in [4.78, 5) is 2.30. The first-order valence-electron chi connectivity index (χ1n) is 5.78. The van der Waals surface area contributed by atoms with Gasteiger partial charge in [0.25, 0.3) is 0 Å². The molecule has 1 aliphatic rings. The summed E-state index contributed by atoms with van der Waals surface area (Å²) < 4.78 is 5.18. The molecular formula is C11H24N2O2. The predicted molar refractivity (Wildman–Crippen MR) is 60.7 cm³/mol. The SMILES string of the molecule is COCC1CCCN(C(CO)C(C)N)C1. The van der Waals surface area contributed by atoms with Crippen molar-refractivity contribution < 1.29 is 9.84 Å². The van der Waals surface area contributed by atoms with E-state index in [-0.39, 0.29) is 18.7 Å². The number of methoxy groups -OCH3 is 1. The Morgan fingerprint density at radius 2 is 2.33 bits per heavy atom. The third-order valence-corrected chi connectivity index (χ3v) is 3.22. The van der Waals surface area contributed by atoms with Gasteiger partial charge in [-0.05, 0) is 32.2 Å². The van der Waals surface area contributed by atoms with Crippen LogP contribution in [0.25, 0.3) is 0 Å². The number of hydrogen-bond donors (Lipinski definition) is 2. The molecule has 0 amide bonds. The van der Waals surface area contributed by atoms with E-state index in [9.17, 15) is 5.11 Å². The highest BCUT2D eigenvalue weighted by atomic mass is 16.5. The predicted octanol–water partition coefficient (Wildman–Crippen LogP) is 0.0529. The fourth-order valence-corrected chi connectivity index (χ4v) is 2.38.